The van der Waals surface area contributed by atoms with Gasteiger partial charge in [-0.15, -0.1) is 0 Å². The summed E-state index contributed by atoms with van der Waals surface area (Å²) in [5.74, 6) is -0.677. The lowest BCUT2D eigenvalue weighted by molar-refractivity contribution is -0.321. The normalized spacial score (nSPS) is 34.4. The number of aliphatic carboxylic acids is 1. The minimum Gasteiger partial charge on any atom is -0.547 e. The average Bonchev–Trinajstić information content (AvgIpc) is 2.38. The number of hydrogen-bond acceptors (Lipinski definition) is 5. The Kier molecular flexibility index (Phi) is 4.97. The van der Waals surface area contributed by atoms with Gasteiger partial charge in [0.15, 0.2) is 0 Å². The molecule has 0 aromatic carbocycles. The van der Waals surface area contributed by atoms with Gasteiger partial charge < -0.3 is 24.5 Å². The summed E-state index contributed by atoms with van der Waals surface area (Å²) in [6, 6.07) is 0. The van der Waals surface area contributed by atoms with E-state index in [9.17, 15) is 15.0 Å². The Hall–Kier alpha value is -0.650. The molecule has 2 fully saturated rings. The highest BCUT2D eigenvalue weighted by molar-refractivity contribution is 5.70. The maximum Gasteiger partial charge on any atom is 0.104 e. The van der Waals surface area contributed by atoms with Gasteiger partial charge in [-0.3, -0.25) is 0 Å². The molecular formula is C13H21O5-. The van der Waals surface area contributed by atoms with Crippen molar-refractivity contribution in [3.05, 3.63) is 0 Å². The van der Waals surface area contributed by atoms with Gasteiger partial charge in [0.25, 0.3) is 0 Å². The van der Waals surface area contributed by atoms with Crippen molar-refractivity contribution >= 4 is 5.97 Å². The topological polar surface area (TPSA) is 78.8 Å². The highest BCUT2D eigenvalue weighted by Gasteiger charge is 2.31. The van der Waals surface area contributed by atoms with Crippen LogP contribution in [-0.4, -0.2) is 42.6 Å². The first kappa shape index (κ1) is 13.8. The summed E-state index contributed by atoms with van der Waals surface area (Å²) in [5.41, 5.74) is 0. The second kappa shape index (κ2) is 6.50. The molecule has 5 heteroatoms. The second-order valence-electron chi connectivity index (χ2n) is 5.32. The first-order valence-corrected chi connectivity index (χ1v) is 6.79. The maximum absolute atomic E-state index is 10.7. The first-order chi connectivity index (χ1) is 8.66. The molecule has 1 saturated carbocycles. The number of carboxylic acids is 1. The number of carboxylic acid groups (broad SMARTS) is 1. The van der Waals surface area contributed by atoms with Crippen molar-refractivity contribution < 1.29 is 24.5 Å². The van der Waals surface area contributed by atoms with E-state index in [4.69, 9.17) is 9.47 Å². The van der Waals surface area contributed by atoms with E-state index in [-0.39, 0.29) is 13.0 Å². The van der Waals surface area contributed by atoms with Crippen LogP contribution in [0.4, 0.5) is 0 Å². The molecule has 3 atom stereocenters. The molecule has 18 heavy (non-hydrogen) atoms. The fourth-order valence-corrected chi connectivity index (χ4v) is 2.72. The molecule has 2 unspecified atom stereocenters. The van der Waals surface area contributed by atoms with Crippen molar-refractivity contribution in [2.45, 2.75) is 56.8 Å². The van der Waals surface area contributed by atoms with Crippen molar-refractivity contribution in [1.82, 2.24) is 0 Å². The predicted molar refractivity (Wildman–Crippen MR) is 61.7 cm³/mol. The SMILES string of the molecule is O=C([O-])C1C[C@@H](OCC2CCCCC2)C(O)CO1. The molecule has 1 heterocycles. The van der Waals surface area contributed by atoms with Crippen LogP contribution in [0, 0.1) is 5.92 Å². The number of carbonyl (C=O) groups excluding carboxylic acids is 1. The summed E-state index contributed by atoms with van der Waals surface area (Å²) in [7, 11) is 0. The Balaban J connectivity index is 1.77. The number of carbonyl (C=O) groups is 1. The Bertz CT molecular complexity index is 275. The van der Waals surface area contributed by atoms with Gasteiger partial charge >= 0.3 is 0 Å². The van der Waals surface area contributed by atoms with Crippen molar-refractivity contribution in [2.24, 2.45) is 5.92 Å². The number of ether oxygens (including phenoxy) is 2. The summed E-state index contributed by atoms with van der Waals surface area (Å²) >= 11 is 0. The molecule has 104 valence electrons. The molecule has 2 aliphatic rings. The van der Waals surface area contributed by atoms with Crippen molar-refractivity contribution in [2.75, 3.05) is 13.2 Å². The molecule has 0 radical (unpaired) electrons. The van der Waals surface area contributed by atoms with Gasteiger partial charge in [0.2, 0.25) is 0 Å². The molecule has 1 aliphatic carbocycles. The molecule has 0 bridgehead atoms. The van der Waals surface area contributed by atoms with Gasteiger partial charge in [-0.2, -0.15) is 0 Å². The predicted octanol–water partition coefficient (Wildman–Crippen LogP) is -0.148. The van der Waals surface area contributed by atoms with Crippen LogP contribution in [0.1, 0.15) is 38.5 Å². The largest absolute Gasteiger partial charge is 0.547 e. The number of aliphatic hydroxyl groups is 1. The van der Waals surface area contributed by atoms with Gasteiger partial charge in [-0.05, 0) is 18.8 Å². The monoisotopic (exact) mass is 257 g/mol. The van der Waals surface area contributed by atoms with E-state index in [0.29, 0.717) is 12.5 Å². The summed E-state index contributed by atoms with van der Waals surface area (Å²) in [5, 5.41) is 20.5. The van der Waals surface area contributed by atoms with Crippen LogP contribution in [0.15, 0.2) is 0 Å². The van der Waals surface area contributed by atoms with Crippen LogP contribution >= 0.6 is 0 Å². The zero-order valence-electron chi connectivity index (χ0n) is 10.5. The molecule has 2 rings (SSSR count). The van der Waals surface area contributed by atoms with Crippen LogP contribution in [0.3, 0.4) is 0 Å². The lowest BCUT2D eigenvalue weighted by Crippen LogP contribution is -2.49. The van der Waals surface area contributed by atoms with E-state index in [1.54, 1.807) is 0 Å². The summed E-state index contributed by atoms with van der Waals surface area (Å²) in [4.78, 5) is 10.7. The Morgan fingerprint density at radius 2 is 2.06 bits per heavy atom. The fourth-order valence-electron chi connectivity index (χ4n) is 2.72. The molecule has 1 saturated heterocycles. The van der Waals surface area contributed by atoms with Gasteiger partial charge in [-0.25, -0.2) is 0 Å². The van der Waals surface area contributed by atoms with E-state index in [1.807, 2.05) is 0 Å². The van der Waals surface area contributed by atoms with Crippen LogP contribution < -0.4 is 5.11 Å². The van der Waals surface area contributed by atoms with Gasteiger partial charge in [0, 0.05) is 13.0 Å². The molecule has 0 aromatic heterocycles. The second-order valence-corrected chi connectivity index (χ2v) is 5.32. The third-order valence-corrected chi connectivity index (χ3v) is 3.88. The fraction of sp³-hybridized carbons (Fsp3) is 0.923. The standard InChI is InChI=1S/C13H22O5/c14-10-8-18-12(13(15)16)6-11(10)17-7-9-4-2-1-3-5-9/h9-12,14H,1-8H2,(H,15,16)/p-1/t10?,11-,12?/m1/s1. The van der Waals surface area contributed by atoms with E-state index in [2.05, 4.69) is 0 Å². The third-order valence-electron chi connectivity index (χ3n) is 3.88. The Labute approximate surface area is 107 Å². The van der Waals surface area contributed by atoms with Gasteiger partial charge in [0.1, 0.15) is 6.10 Å². The zero-order valence-corrected chi connectivity index (χ0v) is 10.5. The van der Waals surface area contributed by atoms with Crippen LogP contribution in [0.2, 0.25) is 0 Å². The van der Waals surface area contributed by atoms with E-state index >= 15 is 0 Å². The molecular weight excluding hydrogens is 236 g/mol. The molecule has 0 aromatic rings. The maximum atomic E-state index is 10.7. The molecule has 0 amide bonds. The molecule has 5 nitrogen and oxygen atoms in total. The quantitative estimate of drug-likeness (QED) is 0.758. The Morgan fingerprint density at radius 1 is 1.33 bits per heavy atom. The van der Waals surface area contributed by atoms with Crippen LogP contribution in [0.5, 0.6) is 0 Å². The molecule has 1 N–H and O–H groups in total. The van der Waals surface area contributed by atoms with Crippen molar-refractivity contribution in [1.29, 1.82) is 0 Å². The summed E-state index contributed by atoms with van der Waals surface area (Å²) < 4.78 is 10.7. The summed E-state index contributed by atoms with van der Waals surface area (Å²) in [6.07, 6.45) is 4.17. The third kappa shape index (κ3) is 3.67. The lowest BCUT2D eigenvalue weighted by Gasteiger charge is -2.35. The van der Waals surface area contributed by atoms with Gasteiger partial charge in [-0.1, -0.05) is 19.3 Å². The zero-order chi connectivity index (χ0) is 13.0. The average molecular weight is 257 g/mol. The highest BCUT2D eigenvalue weighted by atomic mass is 16.5. The molecule has 0 spiro atoms. The van der Waals surface area contributed by atoms with E-state index in [1.165, 1.54) is 32.1 Å². The van der Waals surface area contributed by atoms with Crippen LogP contribution in [-0.2, 0) is 14.3 Å². The molecule has 1 aliphatic heterocycles. The summed E-state index contributed by atoms with van der Waals surface area (Å²) in [6.45, 7) is 0.621. The van der Waals surface area contributed by atoms with Crippen molar-refractivity contribution in [3.8, 4) is 0 Å². The number of hydrogen-bond donors (Lipinski definition) is 1. The van der Waals surface area contributed by atoms with Crippen molar-refractivity contribution in [3.63, 3.8) is 0 Å². The minimum atomic E-state index is -1.23. The van der Waals surface area contributed by atoms with Crippen LogP contribution in [0.25, 0.3) is 0 Å². The Morgan fingerprint density at radius 3 is 2.72 bits per heavy atom. The number of aliphatic hydroxyl groups excluding tert-OH is 1. The van der Waals surface area contributed by atoms with Gasteiger partial charge in [0.05, 0.1) is 24.8 Å². The smallest absolute Gasteiger partial charge is 0.104 e. The minimum absolute atomic E-state index is 0.00792. The lowest BCUT2D eigenvalue weighted by atomic mass is 9.90. The highest BCUT2D eigenvalue weighted by Crippen LogP contribution is 2.25. The van der Waals surface area contributed by atoms with E-state index < -0.39 is 24.3 Å². The first-order valence-electron chi connectivity index (χ1n) is 6.79. The number of rotatable bonds is 4. The van der Waals surface area contributed by atoms with E-state index in [0.717, 1.165) is 0 Å².